The maximum atomic E-state index is 14.6. The zero-order valence-corrected chi connectivity index (χ0v) is 17.2. The summed E-state index contributed by atoms with van der Waals surface area (Å²) in [4.78, 5) is 50.2. The molecule has 0 aliphatic carbocycles. The van der Waals surface area contributed by atoms with Crippen molar-refractivity contribution in [3.8, 4) is 0 Å². The Bertz CT molecular complexity index is 1250. The van der Waals surface area contributed by atoms with Crippen molar-refractivity contribution in [2.24, 2.45) is 0 Å². The number of piperidine rings is 1. The number of nitrogens with one attached hydrogen (secondary N) is 2. The molecule has 0 radical (unpaired) electrons. The zero-order chi connectivity index (χ0) is 25.7. The van der Waals surface area contributed by atoms with Gasteiger partial charge >= 0.3 is 5.92 Å². The van der Waals surface area contributed by atoms with E-state index >= 15 is 0 Å². The third-order valence-electron chi connectivity index (χ3n) is 5.23. The molecule has 2 aliphatic rings. The van der Waals surface area contributed by atoms with Crippen LogP contribution in [-0.2, 0) is 33.4 Å². The van der Waals surface area contributed by atoms with Gasteiger partial charge in [-0.15, -0.1) is 0 Å². The van der Waals surface area contributed by atoms with Gasteiger partial charge in [0.25, 0.3) is 11.8 Å². The molecule has 2 N–H and O–H groups in total. The summed E-state index contributed by atoms with van der Waals surface area (Å²) in [5.74, 6) is -8.27. The van der Waals surface area contributed by atoms with E-state index in [9.17, 15) is 28.0 Å². The van der Waals surface area contributed by atoms with Gasteiger partial charge in [-0.25, -0.2) is 0 Å². The van der Waals surface area contributed by atoms with Gasteiger partial charge < -0.3 is 10.2 Å². The normalized spacial score (nSPS) is 22.3. The van der Waals surface area contributed by atoms with Crippen LogP contribution in [-0.4, -0.2) is 34.5 Å². The number of fused-ring (bicyclic) bond motifs is 1. The van der Waals surface area contributed by atoms with Crippen LogP contribution in [0.15, 0.2) is 42.5 Å². The maximum Gasteiger partial charge on any atom is 0.349 e. The molecule has 0 saturated carbocycles. The summed E-state index contributed by atoms with van der Waals surface area (Å²) in [5.41, 5.74) is 0.195. The van der Waals surface area contributed by atoms with Crippen LogP contribution in [0, 0.1) is 0 Å². The largest absolute Gasteiger partial charge is 0.349 e. The molecule has 1 saturated heterocycles. The molecule has 0 bridgehead atoms. The Hall–Kier alpha value is -3.33. The van der Waals surface area contributed by atoms with E-state index in [1.54, 1.807) is 0 Å². The van der Waals surface area contributed by atoms with Crippen LogP contribution >= 0.6 is 11.6 Å². The molecule has 4 amide bonds. The summed E-state index contributed by atoms with van der Waals surface area (Å²) in [7, 11) is 0. The molecule has 0 aromatic heterocycles. The Balaban J connectivity index is 1.51. The predicted molar refractivity (Wildman–Crippen MR) is 110 cm³/mol. The molecule has 32 heavy (non-hydrogen) atoms. The number of halogens is 3. The van der Waals surface area contributed by atoms with Crippen LogP contribution in [0.2, 0.25) is 7.85 Å². The smallest absolute Gasteiger partial charge is 0.346 e. The number of nitrogens with zero attached hydrogens (tertiary/aromatic N) is 1. The van der Waals surface area contributed by atoms with Crippen LogP contribution in [0.5, 0.6) is 0 Å². The van der Waals surface area contributed by atoms with Crippen molar-refractivity contribution >= 4 is 35.2 Å². The van der Waals surface area contributed by atoms with E-state index in [1.165, 1.54) is 30.3 Å². The highest BCUT2D eigenvalue weighted by Gasteiger charge is 2.41. The van der Waals surface area contributed by atoms with Crippen molar-refractivity contribution in [2.75, 3.05) is 0 Å². The maximum absolute atomic E-state index is 14.6. The molecule has 0 unspecified atom stereocenters. The summed E-state index contributed by atoms with van der Waals surface area (Å²) in [5, 5.41) is 0.418. The van der Waals surface area contributed by atoms with E-state index < -0.39 is 47.7 Å². The zero-order valence-electron chi connectivity index (χ0n) is 19.5. The Morgan fingerprint density at radius 1 is 1.28 bits per heavy atom. The Morgan fingerprint density at radius 2 is 2.00 bits per heavy atom. The van der Waals surface area contributed by atoms with Crippen LogP contribution in [0.3, 0.4) is 0 Å². The first-order chi connectivity index (χ1) is 16.4. The fraction of sp³-hybridized carbons (Fsp3) is 0.273. The molecule has 0 spiro atoms. The molecule has 2 heterocycles. The van der Waals surface area contributed by atoms with Gasteiger partial charge in [0.2, 0.25) is 11.8 Å². The van der Waals surface area contributed by atoms with Gasteiger partial charge in [0, 0.05) is 35.7 Å². The number of hydrogen-bond acceptors (Lipinski definition) is 4. The van der Waals surface area contributed by atoms with Crippen LogP contribution in [0.1, 0.15) is 41.3 Å². The van der Waals surface area contributed by atoms with Crippen molar-refractivity contribution in [1.29, 1.82) is 0 Å². The summed E-state index contributed by atoms with van der Waals surface area (Å²) in [6, 6.07) is 6.46. The number of benzene rings is 2. The third kappa shape index (κ3) is 4.08. The lowest BCUT2D eigenvalue weighted by Crippen LogP contribution is -2.52. The molecule has 1 atom stereocenters. The van der Waals surface area contributed by atoms with E-state index in [0.29, 0.717) is 5.56 Å². The lowest BCUT2D eigenvalue weighted by atomic mass is 10.0. The van der Waals surface area contributed by atoms with Gasteiger partial charge in [-0.3, -0.25) is 24.5 Å². The van der Waals surface area contributed by atoms with Crippen molar-refractivity contribution in [3.05, 3.63) is 69.7 Å². The molecule has 7 nitrogen and oxygen atoms in total. The SMILES string of the molecule is [2H]N(Cc1ccc2c(c1)CN([C@]1([2H])CCC(=O)N([2H])C1=O)C2=O)C(=O)C(F)(F)c1ccc(Cl)cc1. The fourth-order valence-corrected chi connectivity index (χ4v) is 3.68. The topological polar surface area (TPSA) is 95.6 Å². The first-order valence-electron chi connectivity index (χ1n) is 11.0. The molecular weight excluding hydrogens is 444 g/mol. The summed E-state index contributed by atoms with van der Waals surface area (Å²) in [6.45, 7) is -0.699. The first-order valence-corrected chi connectivity index (χ1v) is 9.99. The third-order valence-corrected chi connectivity index (χ3v) is 5.48. The number of imide groups is 1. The molecule has 1 fully saturated rings. The van der Waals surface area contributed by atoms with E-state index in [1.807, 2.05) is 0 Å². The van der Waals surface area contributed by atoms with Gasteiger partial charge in [-0.1, -0.05) is 35.9 Å². The summed E-state index contributed by atoms with van der Waals surface area (Å²) in [6.07, 6.45) is -0.511. The molecule has 4 rings (SSSR count). The van der Waals surface area contributed by atoms with Crippen molar-refractivity contribution in [2.45, 2.75) is 37.9 Å². The van der Waals surface area contributed by atoms with Gasteiger partial charge in [0.1, 0.15) is 6.02 Å². The minimum Gasteiger partial charge on any atom is -0.346 e. The van der Waals surface area contributed by atoms with Crippen LogP contribution in [0.4, 0.5) is 8.78 Å². The number of carbonyl (C=O) groups is 4. The standard InChI is InChI=1S/C22H18ClF2N3O4/c23-15-4-2-14(3-5-15)22(24,25)21(32)26-10-12-1-6-16-13(9-12)11-28(20(16)31)17-7-8-18(29)27-19(17)30/h1-6,9,17H,7-8,10-11H2,(H,26,32)(H,27,29,30)/t17-/m1/s1/i17D/hD2. The number of amides is 4. The Kier molecular flexibility index (Phi) is 4.74. The summed E-state index contributed by atoms with van der Waals surface area (Å²) < 4.78 is 53.1. The first kappa shape index (κ1) is 18.3. The molecular formula is C22H18ClF2N3O4. The second-order valence-corrected chi connectivity index (χ2v) is 7.78. The van der Waals surface area contributed by atoms with E-state index in [2.05, 4.69) is 0 Å². The lowest BCUT2D eigenvalue weighted by Gasteiger charge is -2.29. The number of alkyl halides is 2. The Morgan fingerprint density at radius 3 is 2.72 bits per heavy atom. The number of rotatable bonds is 5. The van der Waals surface area contributed by atoms with E-state index in [4.69, 9.17) is 15.8 Å². The number of hydrogen-bond donors (Lipinski definition) is 2. The second kappa shape index (κ2) is 8.31. The molecule has 10 heteroatoms. The minimum absolute atomic E-state index is 0.0859. The molecule has 2 aromatic carbocycles. The van der Waals surface area contributed by atoms with Crippen molar-refractivity contribution < 1.29 is 32.2 Å². The number of carbonyl (C=O) groups excluding carboxylic acids is 4. The predicted octanol–water partition coefficient (Wildman–Crippen LogP) is 2.51. The van der Waals surface area contributed by atoms with Gasteiger partial charge in [-0.2, -0.15) is 8.78 Å². The second-order valence-electron chi connectivity index (χ2n) is 7.34. The van der Waals surface area contributed by atoms with Crippen LogP contribution < -0.4 is 10.6 Å². The quantitative estimate of drug-likeness (QED) is 0.665. The Labute approximate surface area is 191 Å². The summed E-state index contributed by atoms with van der Waals surface area (Å²) >= 11 is 5.70. The van der Waals surface area contributed by atoms with Gasteiger partial charge in [0.05, 0.1) is 1.37 Å². The van der Waals surface area contributed by atoms with E-state index in [0.717, 1.165) is 17.0 Å². The van der Waals surface area contributed by atoms with Gasteiger partial charge in [0.15, 0.2) is 2.82 Å². The average Bonchev–Trinajstić information content (AvgIpc) is 3.16. The van der Waals surface area contributed by atoms with Crippen molar-refractivity contribution in [3.63, 3.8) is 0 Å². The lowest BCUT2D eigenvalue weighted by molar-refractivity contribution is -0.147. The highest BCUT2D eigenvalue weighted by Crippen LogP contribution is 2.30. The average molecular weight is 465 g/mol. The molecule has 166 valence electrons. The molecule has 2 aliphatic heterocycles. The highest BCUT2D eigenvalue weighted by molar-refractivity contribution is 6.30. The van der Waals surface area contributed by atoms with Gasteiger partial charge in [-0.05, 0) is 35.7 Å². The minimum atomic E-state index is -3.96. The van der Waals surface area contributed by atoms with E-state index in [-0.39, 0.29) is 46.2 Å². The van der Waals surface area contributed by atoms with Crippen molar-refractivity contribution in [1.82, 2.24) is 15.5 Å². The monoisotopic (exact) mass is 464 g/mol. The van der Waals surface area contributed by atoms with Crippen LogP contribution in [0.25, 0.3) is 0 Å². The molecule has 2 aromatic rings. The fourth-order valence-electron chi connectivity index (χ4n) is 3.55. The highest BCUT2D eigenvalue weighted by atomic mass is 35.5.